The van der Waals surface area contributed by atoms with Crippen LogP contribution in [-0.4, -0.2) is 47.4 Å². The molecular formula is C61H119NO5. The summed E-state index contributed by atoms with van der Waals surface area (Å²) in [5.41, 5.74) is 0. The van der Waals surface area contributed by atoms with Crippen molar-refractivity contribution in [1.82, 2.24) is 5.32 Å². The van der Waals surface area contributed by atoms with Crippen molar-refractivity contribution in [3.05, 3.63) is 12.2 Å². The van der Waals surface area contributed by atoms with Crippen molar-refractivity contribution in [1.29, 1.82) is 0 Å². The number of allylic oxidation sites excluding steroid dienone is 2. The number of carbonyl (C=O) groups excluding carboxylic acids is 2. The summed E-state index contributed by atoms with van der Waals surface area (Å²) >= 11 is 0. The largest absolute Gasteiger partial charge is 0.466 e. The zero-order valence-corrected chi connectivity index (χ0v) is 45.4. The van der Waals surface area contributed by atoms with E-state index in [9.17, 15) is 19.8 Å². The van der Waals surface area contributed by atoms with Gasteiger partial charge in [-0.2, -0.15) is 0 Å². The third-order valence-electron chi connectivity index (χ3n) is 14.3. The minimum Gasteiger partial charge on any atom is -0.466 e. The van der Waals surface area contributed by atoms with Crippen LogP contribution in [-0.2, 0) is 14.3 Å². The molecule has 0 bridgehead atoms. The first-order valence-electron chi connectivity index (χ1n) is 30.4. The predicted octanol–water partition coefficient (Wildman–Crippen LogP) is 18.9. The molecule has 6 heteroatoms. The molecule has 0 saturated heterocycles. The van der Waals surface area contributed by atoms with Crippen LogP contribution in [0.2, 0.25) is 0 Å². The van der Waals surface area contributed by atoms with Crippen LogP contribution in [0.4, 0.5) is 0 Å². The van der Waals surface area contributed by atoms with E-state index in [1.807, 2.05) is 0 Å². The Labute approximate surface area is 419 Å². The Hall–Kier alpha value is -1.40. The van der Waals surface area contributed by atoms with Gasteiger partial charge in [-0.1, -0.05) is 289 Å². The average Bonchev–Trinajstić information content (AvgIpc) is 3.33. The Balaban J connectivity index is 3.43. The number of amides is 1. The van der Waals surface area contributed by atoms with Gasteiger partial charge < -0.3 is 20.3 Å². The highest BCUT2D eigenvalue weighted by molar-refractivity contribution is 5.76. The fourth-order valence-corrected chi connectivity index (χ4v) is 9.64. The molecule has 3 N–H and O–H groups in total. The van der Waals surface area contributed by atoms with Crippen LogP contribution < -0.4 is 5.32 Å². The first-order valence-corrected chi connectivity index (χ1v) is 30.4. The quantitative estimate of drug-likeness (QED) is 0.0321. The molecule has 398 valence electrons. The lowest BCUT2D eigenvalue weighted by atomic mass is 10.0. The molecule has 2 atom stereocenters. The van der Waals surface area contributed by atoms with Gasteiger partial charge in [0.25, 0.3) is 0 Å². The van der Waals surface area contributed by atoms with E-state index >= 15 is 0 Å². The Bertz CT molecular complexity index is 1000. The van der Waals surface area contributed by atoms with Crippen LogP contribution in [0.5, 0.6) is 0 Å². The Morgan fingerprint density at radius 2 is 0.701 bits per heavy atom. The topological polar surface area (TPSA) is 95.9 Å². The monoisotopic (exact) mass is 946 g/mol. The van der Waals surface area contributed by atoms with E-state index in [0.717, 1.165) is 51.4 Å². The van der Waals surface area contributed by atoms with Gasteiger partial charge >= 0.3 is 5.97 Å². The molecule has 67 heavy (non-hydrogen) atoms. The van der Waals surface area contributed by atoms with E-state index in [-0.39, 0.29) is 18.5 Å². The zero-order valence-electron chi connectivity index (χ0n) is 45.4. The molecule has 2 unspecified atom stereocenters. The summed E-state index contributed by atoms with van der Waals surface area (Å²) in [6, 6.07) is -0.550. The molecular weight excluding hydrogens is 827 g/mol. The normalized spacial score (nSPS) is 12.6. The molecule has 0 aromatic carbocycles. The zero-order chi connectivity index (χ0) is 48.6. The number of ether oxygens (including phenoxy) is 1. The van der Waals surface area contributed by atoms with Gasteiger partial charge in [0, 0.05) is 12.8 Å². The summed E-state index contributed by atoms with van der Waals surface area (Å²) in [6.07, 6.45) is 67.8. The van der Waals surface area contributed by atoms with Crippen molar-refractivity contribution in [2.45, 2.75) is 353 Å². The number of rotatable bonds is 57. The second-order valence-corrected chi connectivity index (χ2v) is 21.0. The number of carbonyl (C=O) groups is 2. The van der Waals surface area contributed by atoms with Crippen LogP contribution in [0.1, 0.15) is 341 Å². The number of hydrogen-bond acceptors (Lipinski definition) is 5. The first kappa shape index (κ1) is 65.6. The van der Waals surface area contributed by atoms with Crippen LogP contribution in [0.25, 0.3) is 0 Å². The van der Waals surface area contributed by atoms with E-state index < -0.39 is 12.1 Å². The van der Waals surface area contributed by atoms with Crippen LogP contribution >= 0.6 is 0 Å². The van der Waals surface area contributed by atoms with Gasteiger partial charge in [-0.25, -0.2) is 0 Å². The fourth-order valence-electron chi connectivity index (χ4n) is 9.64. The summed E-state index contributed by atoms with van der Waals surface area (Å²) in [6.45, 7) is 4.95. The molecule has 0 fully saturated rings. The van der Waals surface area contributed by atoms with E-state index in [0.29, 0.717) is 25.9 Å². The van der Waals surface area contributed by atoms with Gasteiger partial charge in [0.2, 0.25) is 5.91 Å². The molecule has 0 spiro atoms. The summed E-state index contributed by atoms with van der Waals surface area (Å²) in [7, 11) is 0. The number of nitrogens with one attached hydrogen (secondary N) is 1. The Morgan fingerprint density at radius 1 is 0.403 bits per heavy atom. The van der Waals surface area contributed by atoms with Crippen molar-refractivity contribution >= 4 is 11.9 Å². The van der Waals surface area contributed by atoms with Crippen LogP contribution in [0.3, 0.4) is 0 Å². The fraction of sp³-hybridized carbons (Fsp3) is 0.934. The minimum absolute atomic E-state index is 0.00893. The molecule has 0 rings (SSSR count). The smallest absolute Gasteiger partial charge is 0.305 e. The molecule has 0 aliphatic heterocycles. The van der Waals surface area contributed by atoms with Crippen LogP contribution in [0, 0.1) is 0 Å². The maximum Gasteiger partial charge on any atom is 0.305 e. The highest BCUT2D eigenvalue weighted by Gasteiger charge is 2.20. The van der Waals surface area contributed by atoms with Crippen molar-refractivity contribution in [3.8, 4) is 0 Å². The molecule has 0 aromatic heterocycles. The lowest BCUT2D eigenvalue weighted by Gasteiger charge is -2.22. The standard InChI is InChI=1S/C61H119NO5/c1-3-5-7-9-11-13-15-17-19-20-21-22-23-24-26-29-33-37-41-45-49-53-59(64)58(57-63)62-60(65)54-50-46-42-38-34-30-27-28-32-36-40-44-48-52-56-67-61(66)55-51-47-43-39-35-31-25-18-16-14-12-10-8-6-4-2/h18,25,58-59,63-64H,3-17,19-24,26-57H2,1-2H3,(H,62,65)/b25-18-. The van der Waals surface area contributed by atoms with Gasteiger partial charge in [-0.15, -0.1) is 0 Å². The van der Waals surface area contributed by atoms with Gasteiger partial charge in [0.15, 0.2) is 0 Å². The average molecular weight is 947 g/mol. The molecule has 6 nitrogen and oxygen atoms in total. The van der Waals surface area contributed by atoms with E-state index in [1.165, 1.54) is 257 Å². The van der Waals surface area contributed by atoms with Gasteiger partial charge in [0.05, 0.1) is 25.4 Å². The minimum atomic E-state index is -0.672. The van der Waals surface area contributed by atoms with Crippen LogP contribution in [0.15, 0.2) is 12.2 Å². The number of esters is 1. The SMILES string of the molecule is CCCCCCCC/C=C\CCCCCCCC(=O)OCCCCCCCCCCCCCCCCC(=O)NC(CO)C(O)CCCCCCCCCCCCCCCCCCCCCCC. The molecule has 0 heterocycles. The highest BCUT2D eigenvalue weighted by Crippen LogP contribution is 2.18. The number of aliphatic hydroxyl groups excluding tert-OH is 2. The lowest BCUT2D eigenvalue weighted by molar-refractivity contribution is -0.143. The van der Waals surface area contributed by atoms with Crippen molar-refractivity contribution in [2.24, 2.45) is 0 Å². The molecule has 0 saturated carbocycles. The van der Waals surface area contributed by atoms with Gasteiger partial charge in [-0.05, 0) is 51.4 Å². The predicted molar refractivity (Wildman–Crippen MR) is 292 cm³/mol. The molecule has 0 aromatic rings. The summed E-state index contributed by atoms with van der Waals surface area (Å²) < 4.78 is 5.47. The highest BCUT2D eigenvalue weighted by atomic mass is 16.5. The number of aliphatic hydroxyl groups is 2. The second kappa shape index (κ2) is 57.2. The Morgan fingerprint density at radius 3 is 1.06 bits per heavy atom. The van der Waals surface area contributed by atoms with Crippen molar-refractivity contribution in [2.75, 3.05) is 13.2 Å². The second-order valence-electron chi connectivity index (χ2n) is 21.0. The van der Waals surface area contributed by atoms with Crippen molar-refractivity contribution < 1.29 is 24.5 Å². The number of hydrogen-bond donors (Lipinski definition) is 3. The summed E-state index contributed by atoms with van der Waals surface area (Å²) in [5, 5.41) is 23.4. The molecule has 1 amide bonds. The van der Waals surface area contributed by atoms with E-state index in [1.54, 1.807) is 0 Å². The maximum absolute atomic E-state index is 12.5. The first-order chi connectivity index (χ1) is 33.0. The number of unbranched alkanes of at least 4 members (excludes halogenated alkanes) is 44. The van der Waals surface area contributed by atoms with E-state index in [2.05, 4.69) is 31.3 Å². The van der Waals surface area contributed by atoms with Gasteiger partial charge in [-0.3, -0.25) is 9.59 Å². The molecule has 0 radical (unpaired) electrons. The Kier molecular flexibility index (Phi) is 56.0. The maximum atomic E-state index is 12.5. The summed E-state index contributed by atoms with van der Waals surface area (Å²) in [4.78, 5) is 24.6. The third-order valence-corrected chi connectivity index (χ3v) is 14.3. The third kappa shape index (κ3) is 53.8. The summed E-state index contributed by atoms with van der Waals surface area (Å²) in [5.74, 6) is -0.0509. The van der Waals surface area contributed by atoms with Gasteiger partial charge in [0.1, 0.15) is 0 Å². The lowest BCUT2D eigenvalue weighted by Crippen LogP contribution is -2.45. The van der Waals surface area contributed by atoms with Crippen molar-refractivity contribution in [3.63, 3.8) is 0 Å². The molecule has 0 aliphatic carbocycles. The molecule has 0 aliphatic rings. The van der Waals surface area contributed by atoms with E-state index in [4.69, 9.17) is 4.74 Å².